The Morgan fingerprint density at radius 1 is 1.12 bits per heavy atom. The average Bonchev–Trinajstić information content (AvgIpc) is 2.17. The minimum atomic E-state index is -0.291. The van der Waals surface area contributed by atoms with Gasteiger partial charge in [0, 0.05) is 19.4 Å². The van der Waals surface area contributed by atoms with Crippen LogP contribution in [0.1, 0.15) is 23.1 Å². The van der Waals surface area contributed by atoms with Gasteiger partial charge in [-0.1, -0.05) is 50.1 Å². The van der Waals surface area contributed by atoms with E-state index in [-0.39, 0.29) is 15.6 Å². The molecule has 2 amide bonds. The SMILES string of the molecule is CC(=O)N(C(C)=O)c1ccccc1C(Br)Br. The number of para-hydroxylation sites is 1. The van der Waals surface area contributed by atoms with E-state index in [4.69, 9.17) is 0 Å². The van der Waals surface area contributed by atoms with Crippen molar-refractivity contribution in [2.45, 2.75) is 17.6 Å². The number of hydrogen-bond acceptors (Lipinski definition) is 2. The van der Waals surface area contributed by atoms with Crippen LogP contribution < -0.4 is 4.90 Å². The predicted molar refractivity (Wildman–Crippen MR) is 70.9 cm³/mol. The number of hydrogen-bond donors (Lipinski definition) is 0. The number of carbonyl (C=O) groups excluding carboxylic acids is 2. The van der Waals surface area contributed by atoms with Crippen molar-refractivity contribution in [3.63, 3.8) is 0 Å². The smallest absolute Gasteiger partial charge is 0.230 e. The molecule has 1 aromatic rings. The normalized spacial score (nSPS) is 10.3. The number of halogens is 2. The lowest BCUT2D eigenvalue weighted by molar-refractivity contribution is -0.124. The van der Waals surface area contributed by atoms with Crippen LogP contribution in [0, 0.1) is 0 Å². The van der Waals surface area contributed by atoms with Crippen molar-refractivity contribution < 1.29 is 9.59 Å². The summed E-state index contributed by atoms with van der Waals surface area (Å²) < 4.78 is -0.0996. The standard InChI is InChI=1S/C11H11Br2NO2/c1-7(15)14(8(2)16)10-6-4-3-5-9(10)11(12)13/h3-6,11H,1-2H3. The number of imide groups is 1. The maximum atomic E-state index is 11.4. The van der Waals surface area contributed by atoms with Crippen LogP contribution >= 0.6 is 31.9 Å². The highest BCUT2D eigenvalue weighted by atomic mass is 79.9. The zero-order valence-electron chi connectivity index (χ0n) is 8.91. The molecule has 0 fully saturated rings. The Balaban J connectivity index is 3.29. The van der Waals surface area contributed by atoms with Crippen molar-refractivity contribution in [2.75, 3.05) is 4.90 Å². The van der Waals surface area contributed by atoms with Crippen molar-refractivity contribution in [3.8, 4) is 0 Å². The van der Waals surface area contributed by atoms with Crippen LogP contribution in [-0.2, 0) is 9.59 Å². The highest BCUT2D eigenvalue weighted by Crippen LogP contribution is 2.36. The summed E-state index contributed by atoms with van der Waals surface area (Å²) in [6, 6.07) is 7.24. The Kier molecular flexibility index (Phi) is 4.68. The molecule has 0 aromatic heterocycles. The van der Waals surface area contributed by atoms with Gasteiger partial charge in [0.15, 0.2) is 0 Å². The summed E-state index contributed by atoms with van der Waals surface area (Å²) in [6.45, 7) is 2.74. The molecule has 1 rings (SSSR count). The van der Waals surface area contributed by atoms with Crippen molar-refractivity contribution in [2.24, 2.45) is 0 Å². The van der Waals surface area contributed by atoms with Crippen LogP contribution in [0.15, 0.2) is 24.3 Å². The zero-order chi connectivity index (χ0) is 12.3. The summed E-state index contributed by atoms with van der Waals surface area (Å²) in [5, 5.41) is 0. The van der Waals surface area contributed by atoms with Crippen LogP contribution in [-0.4, -0.2) is 11.8 Å². The van der Waals surface area contributed by atoms with Gasteiger partial charge in [0.2, 0.25) is 11.8 Å². The number of alkyl halides is 2. The van der Waals surface area contributed by atoms with Crippen molar-refractivity contribution in [3.05, 3.63) is 29.8 Å². The van der Waals surface area contributed by atoms with Crippen LogP contribution in [0.2, 0.25) is 0 Å². The first-order valence-corrected chi connectivity index (χ1v) is 6.46. The molecular weight excluding hydrogens is 338 g/mol. The van der Waals surface area contributed by atoms with E-state index in [9.17, 15) is 9.59 Å². The summed E-state index contributed by atoms with van der Waals surface area (Å²) in [5.74, 6) is -0.582. The first-order chi connectivity index (χ1) is 7.45. The molecule has 86 valence electrons. The summed E-state index contributed by atoms with van der Waals surface area (Å²) in [4.78, 5) is 24.0. The fourth-order valence-electron chi connectivity index (χ4n) is 1.44. The second-order valence-electron chi connectivity index (χ2n) is 3.23. The van der Waals surface area contributed by atoms with Gasteiger partial charge in [-0.05, 0) is 6.07 Å². The lowest BCUT2D eigenvalue weighted by Crippen LogP contribution is -2.33. The third-order valence-electron chi connectivity index (χ3n) is 2.04. The van der Waals surface area contributed by atoms with Gasteiger partial charge in [-0.15, -0.1) is 0 Å². The fraction of sp³-hybridized carbons (Fsp3) is 0.273. The molecule has 0 aliphatic carbocycles. The van der Waals surface area contributed by atoms with Gasteiger partial charge in [-0.3, -0.25) is 14.5 Å². The number of amides is 2. The van der Waals surface area contributed by atoms with Gasteiger partial charge >= 0.3 is 0 Å². The molecule has 0 aliphatic heterocycles. The number of benzene rings is 1. The molecule has 0 saturated carbocycles. The monoisotopic (exact) mass is 347 g/mol. The van der Waals surface area contributed by atoms with Crippen molar-refractivity contribution in [1.29, 1.82) is 0 Å². The van der Waals surface area contributed by atoms with Crippen LogP contribution in [0.25, 0.3) is 0 Å². The third kappa shape index (κ3) is 2.92. The number of rotatable bonds is 2. The molecule has 0 aliphatic rings. The van der Waals surface area contributed by atoms with E-state index < -0.39 is 0 Å². The van der Waals surface area contributed by atoms with E-state index in [1.807, 2.05) is 12.1 Å². The zero-order valence-corrected chi connectivity index (χ0v) is 12.1. The maximum absolute atomic E-state index is 11.4. The average molecular weight is 349 g/mol. The Morgan fingerprint density at radius 2 is 1.62 bits per heavy atom. The number of carbonyl (C=O) groups is 2. The van der Waals surface area contributed by atoms with Gasteiger partial charge in [-0.25, -0.2) is 0 Å². The van der Waals surface area contributed by atoms with Gasteiger partial charge in [0.1, 0.15) is 0 Å². The molecule has 3 nitrogen and oxygen atoms in total. The molecule has 0 N–H and O–H groups in total. The molecule has 5 heteroatoms. The van der Waals surface area contributed by atoms with E-state index in [1.54, 1.807) is 12.1 Å². The van der Waals surface area contributed by atoms with Crippen LogP contribution in [0.5, 0.6) is 0 Å². The van der Waals surface area contributed by atoms with E-state index in [0.717, 1.165) is 10.5 Å². The maximum Gasteiger partial charge on any atom is 0.230 e. The highest BCUT2D eigenvalue weighted by Gasteiger charge is 2.20. The highest BCUT2D eigenvalue weighted by molar-refractivity contribution is 9.24. The molecule has 0 saturated heterocycles. The van der Waals surface area contributed by atoms with E-state index >= 15 is 0 Å². The second-order valence-corrected chi connectivity index (χ2v) is 6.29. The Bertz CT molecular complexity index is 404. The number of anilines is 1. The first-order valence-electron chi connectivity index (χ1n) is 4.63. The third-order valence-corrected chi connectivity index (χ3v) is 3.03. The Morgan fingerprint density at radius 3 is 2.06 bits per heavy atom. The van der Waals surface area contributed by atoms with Crippen LogP contribution in [0.3, 0.4) is 0 Å². The Hall–Kier alpha value is -0.680. The van der Waals surface area contributed by atoms with E-state index in [2.05, 4.69) is 31.9 Å². The predicted octanol–water partition coefficient (Wildman–Crippen LogP) is 3.37. The molecule has 0 atom stereocenters. The van der Waals surface area contributed by atoms with Gasteiger partial charge in [-0.2, -0.15) is 0 Å². The quantitative estimate of drug-likeness (QED) is 0.768. The summed E-state index contributed by atoms with van der Waals surface area (Å²) in [5.41, 5.74) is 1.44. The molecule has 0 heterocycles. The first kappa shape index (κ1) is 13.4. The van der Waals surface area contributed by atoms with E-state index in [0.29, 0.717) is 5.69 Å². The summed E-state index contributed by atoms with van der Waals surface area (Å²) in [7, 11) is 0. The minimum Gasteiger partial charge on any atom is -0.274 e. The molecule has 0 radical (unpaired) electrons. The van der Waals surface area contributed by atoms with Crippen LogP contribution in [0.4, 0.5) is 5.69 Å². The molecular formula is C11H11Br2NO2. The molecule has 16 heavy (non-hydrogen) atoms. The van der Waals surface area contributed by atoms with Gasteiger partial charge in [0.05, 0.1) is 9.42 Å². The largest absolute Gasteiger partial charge is 0.274 e. The lowest BCUT2D eigenvalue weighted by Gasteiger charge is -2.21. The van der Waals surface area contributed by atoms with E-state index in [1.165, 1.54) is 13.8 Å². The van der Waals surface area contributed by atoms with Gasteiger partial charge in [0.25, 0.3) is 0 Å². The molecule has 0 bridgehead atoms. The molecule has 0 unspecified atom stereocenters. The molecule has 1 aromatic carbocycles. The Labute approximate surface area is 111 Å². The molecule has 0 spiro atoms. The van der Waals surface area contributed by atoms with Crippen molar-refractivity contribution >= 4 is 49.4 Å². The lowest BCUT2D eigenvalue weighted by atomic mass is 10.2. The van der Waals surface area contributed by atoms with Crippen molar-refractivity contribution in [1.82, 2.24) is 0 Å². The second kappa shape index (κ2) is 5.59. The topological polar surface area (TPSA) is 37.4 Å². The minimum absolute atomic E-state index is 0.0996. The fourth-order valence-corrected chi connectivity index (χ4v) is 2.21. The summed E-state index contributed by atoms with van der Waals surface area (Å²) in [6.07, 6.45) is 0. The number of nitrogens with zero attached hydrogens (tertiary/aromatic N) is 1. The summed E-state index contributed by atoms with van der Waals surface area (Å²) >= 11 is 6.73. The van der Waals surface area contributed by atoms with Gasteiger partial charge < -0.3 is 0 Å².